The number of aryl methyl sites for hydroxylation is 1. The summed E-state index contributed by atoms with van der Waals surface area (Å²) < 4.78 is 13.8. The number of rotatable bonds is 5. The maximum Gasteiger partial charge on any atom is 0.254 e. The highest BCUT2D eigenvalue weighted by Gasteiger charge is 2.17. The zero-order valence-corrected chi connectivity index (χ0v) is 17.5. The average molecular weight is 402 g/mol. The molecule has 0 bridgehead atoms. The first-order valence-corrected chi connectivity index (χ1v) is 9.43. The van der Waals surface area contributed by atoms with Gasteiger partial charge in [-0.2, -0.15) is 0 Å². The standard InChI is InChI=1S/C24H23FN4O/c1-6-27-21-10-8-16(13-22(21)26-3)19-12-18(24(30)29(4)5)14-28-23(19)17-7-9-20(25)15(2)11-17/h6-14H,3H2,1-2,4-5H3. The predicted octanol–water partition coefficient (Wildman–Crippen LogP) is 5.62. The van der Waals surface area contributed by atoms with Crippen molar-refractivity contribution in [1.29, 1.82) is 0 Å². The predicted molar refractivity (Wildman–Crippen MR) is 121 cm³/mol. The summed E-state index contributed by atoms with van der Waals surface area (Å²) in [6.45, 7) is 7.17. The average Bonchev–Trinajstić information content (AvgIpc) is 2.75. The molecule has 0 unspecified atom stereocenters. The molecule has 0 aliphatic rings. The number of hydrogen-bond acceptors (Lipinski definition) is 4. The van der Waals surface area contributed by atoms with Crippen LogP contribution in [0.3, 0.4) is 0 Å². The second-order valence-electron chi connectivity index (χ2n) is 7.03. The second-order valence-corrected chi connectivity index (χ2v) is 7.03. The van der Waals surface area contributed by atoms with Crippen LogP contribution in [-0.2, 0) is 0 Å². The fraction of sp³-hybridized carbons (Fsp3) is 0.167. The normalized spacial score (nSPS) is 11.0. The van der Waals surface area contributed by atoms with E-state index < -0.39 is 0 Å². The molecule has 3 aromatic rings. The van der Waals surface area contributed by atoms with Gasteiger partial charge in [0.15, 0.2) is 0 Å². The third-order valence-corrected chi connectivity index (χ3v) is 4.70. The van der Waals surface area contributed by atoms with Crippen molar-refractivity contribution < 1.29 is 9.18 Å². The Morgan fingerprint density at radius 2 is 1.83 bits per heavy atom. The van der Waals surface area contributed by atoms with E-state index in [9.17, 15) is 9.18 Å². The van der Waals surface area contributed by atoms with Gasteiger partial charge in [-0.15, -0.1) is 0 Å². The number of halogens is 1. The number of carbonyl (C=O) groups excluding carboxylic acids is 1. The van der Waals surface area contributed by atoms with Crippen LogP contribution in [0.2, 0.25) is 0 Å². The Bertz CT molecular complexity index is 1150. The molecule has 0 N–H and O–H groups in total. The van der Waals surface area contributed by atoms with Gasteiger partial charge in [-0.25, -0.2) is 4.39 Å². The molecule has 0 fully saturated rings. The lowest BCUT2D eigenvalue weighted by Gasteiger charge is -2.15. The van der Waals surface area contributed by atoms with Gasteiger partial charge in [-0.1, -0.05) is 6.07 Å². The molecule has 1 aromatic heterocycles. The van der Waals surface area contributed by atoms with Crippen molar-refractivity contribution in [3.63, 3.8) is 0 Å². The van der Waals surface area contributed by atoms with Gasteiger partial charge in [0.2, 0.25) is 0 Å². The number of aliphatic imine (C=N–C) groups is 2. The molecule has 3 rings (SSSR count). The maximum absolute atomic E-state index is 13.8. The Kier molecular flexibility index (Phi) is 6.16. The molecular formula is C24H23FN4O. The Morgan fingerprint density at radius 1 is 1.10 bits per heavy atom. The molecule has 0 spiro atoms. The molecule has 5 nitrogen and oxygen atoms in total. The van der Waals surface area contributed by atoms with Crippen LogP contribution in [0, 0.1) is 12.7 Å². The van der Waals surface area contributed by atoms with E-state index in [1.54, 1.807) is 51.6 Å². The van der Waals surface area contributed by atoms with E-state index in [1.165, 1.54) is 11.0 Å². The number of hydrogen-bond donors (Lipinski definition) is 0. The molecule has 30 heavy (non-hydrogen) atoms. The quantitative estimate of drug-likeness (QED) is 0.520. The second kappa shape index (κ2) is 8.78. The summed E-state index contributed by atoms with van der Waals surface area (Å²) in [5, 5.41) is 0. The smallest absolute Gasteiger partial charge is 0.254 e. The highest BCUT2D eigenvalue weighted by atomic mass is 19.1. The van der Waals surface area contributed by atoms with E-state index in [4.69, 9.17) is 0 Å². The molecule has 1 heterocycles. The number of benzene rings is 2. The van der Waals surface area contributed by atoms with Gasteiger partial charge in [0.05, 0.1) is 22.6 Å². The SMILES string of the molecule is C=Nc1cc(-c2cc(C(=O)N(C)C)cnc2-c2ccc(F)c(C)c2)ccc1N=CC. The molecule has 0 aliphatic carbocycles. The molecule has 0 saturated heterocycles. The van der Waals surface area contributed by atoms with Crippen molar-refractivity contribution in [3.8, 4) is 22.4 Å². The van der Waals surface area contributed by atoms with E-state index in [0.29, 0.717) is 28.2 Å². The Morgan fingerprint density at radius 3 is 2.47 bits per heavy atom. The van der Waals surface area contributed by atoms with Crippen molar-refractivity contribution >= 4 is 30.2 Å². The third kappa shape index (κ3) is 4.17. The Labute approximate surface area is 175 Å². The van der Waals surface area contributed by atoms with E-state index in [0.717, 1.165) is 16.7 Å². The molecule has 1 amide bonds. The molecule has 0 saturated carbocycles. The highest BCUT2D eigenvalue weighted by Crippen LogP contribution is 2.37. The Balaban J connectivity index is 2.26. The van der Waals surface area contributed by atoms with Crippen molar-refractivity contribution in [1.82, 2.24) is 9.88 Å². The van der Waals surface area contributed by atoms with Crippen molar-refractivity contribution in [2.75, 3.05) is 14.1 Å². The lowest BCUT2D eigenvalue weighted by molar-refractivity contribution is 0.0827. The summed E-state index contributed by atoms with van der Waals surface area (Å²) >= 11 is 0. The summed E-state index contributed by atoms with van der Waals surface area (Å²) in [5.41, 5.74) is 5.26. The summed E-state index contributed by atoms with van der Waals surface area (Å²) in [5.74, 6) is -0.431. The van der Waals surface area contributed by atoms with Gasteiger partial charge in [0, 0.05) is 37.6 Å². The van der Waals surface area contributed by atoms with Crippen LogP contribution in [0.25, 0.3) is 22.4 Å². The Hall–Kier alpha value is -3.67. The third-order valence-electron chi connectivity index (χ3n) is 4.70. The number of amides is 1. The zero-order chi connectivity index (χ0) is 21.8. The molecule has 6 heteroatoms. The van der Waals surface area contributed by atoms with Gasteiger partial charge in [-0.05, 0) is 68.1 Å². The molecule has 0 radical (unpaired) electrons. The van der Waals surface area contributed by atoms with Crippen LogP contribution < -0.4 is 0 Å². The molecule has 0 atom stereocenters. The highest BCUT2D eigenvalue weighted by molar-refractivity contribution is 5.96. The van der Waals surface area contributed by atoms with Crippen LogP contribution in [0.4, 0.5) is 15.8 Å². The summed E-state index contributed by atoms with van der Waals surface area (Å²) in [6.07, 6.45) is 3.23. The minimum Gasteiger partial charge on any atom is -0.345 e. The maximum atomic E-state index is 13.8. The first-order chi connectivity index (χ1) is 14.3. The number of nitrogens with zero attached hydrogens (tertiary/aromatic N) is 4. The zero-order valence-electron chi connectivity index (χ0n) is 17.5. The molecule has 2 aromatic carbocycles. The topological polar surface area (TPSA) is 57.9 Å². The largest absolute Gasteiger partial charge is 0.345 e. The van der Waals surface area contributed by atoms with Crippen LogP contribution in [0.5, 0.6) is 0 Å². The lowest BCUT2D eigenvalue weighted by atomic mass is 9.96. The van der Waals surface area contributed by atoms with Crippen molar-refractivity contribution in [3.05, 3.63) is 65.6 Å². The van der Waals surface area contributed by atoms with Gasteiger partial charge in [0.1, 0.15) is 5.82 Å². The van der Waals surface area contributed by atoms with E-state index in [-0.39, 0.29) is 11.7 Å². The lowest BCUT2D eigenvalue weighted by Crippen LogP contribution is -2.21. The minimum atomic E-state index is -0.278. The van der Waals surface area contributed by atoms with Gasteiger partial charge < -0.3 is 4.90 Å². The van der Waals surface area contributed by atoms with Crippen LogP contribution >= 0.6 is 0 Å². The van der Waals surface area contributed by atoms with Crippen LogP contribution in [0.15, 0.2) is 58.6 Å². The molecule has 0 aliphatic heterocycles. The fourth-order valence-corrected chi connectivity index (χ4v) is 3.15. The number of aromatic nitrogens is 1. The first-order valence-electron chi connectivity index (χ1n) is 9.43. The van der Waals surface area contributed by atoms with Crippen LogP contribution in [0.1, 0.15) is 22.8 Å². The number of pyridine rings is 1. The van der Waals surface area contributed by atoms with E-state index in [2.05, 4.69) is 21.7 Å². The van der Waals surface area contributed by atoms with Crippen molar-refractivity contribution in [2.45, 2.75) is 13.8 Å². The van der Waals surface area contributed by atoms with Crippen molar-refractivity contribution in [2.24, 2.45) is 9.98 Å². The monoisotopic (exact) mass is 402 g/mol. The first kappa shape index (κ1) is 21.0. The minimum absolute atomic E-state index is 0.153. The fourth-order valence-electron chi connectivity index (χ4n) is 3.15. The molecule has 152 valence electrons. The van der Waals surface area contributed by atoms with Crippen LogP contribution in [-0.4, -0.2) is 42.8 Å². The van der Waals surface area contributed by atoms with E-state index >= 15 is 0 Å². The van der Waals surface area contributed by atoms with Gasteiger partial charge in [0.25, 0.3) is 5.91 Å². The summed E-state index contributed by atoms with van der Waals surface area (Å²) in [7, 11) is 3.38. The number of carbonyl (C=O) groups is 1. The van der Waals surface area contributed by atoms with E-state index in [1.807, 2.05) is 25.1 Å². The molecular weight excluding hydrogens is 379 g/mol. The summed E-state index contributed by atoms with van der Waals surface area (Å²) in [6, 6.07) is 12.3. The van der Waals surface area contributed by atoms with Gasteiger partial charge in [-0.3, -0.25) is 19.8 Å². The van der Waals surface area contributed by atoms with Gasteiger partial charge >= 0.3 is 0 Å². The summed E-state index contributed by atoms with van der Waals surface area (Å²) in [4.78, 5) is 27.0.